The maximum Gasteiger partial charge on any atom is 0.0578 e. The van der Waals surface area contributed by atoms with E-state index < -0.39 is 0 Å². The van der Waals surface area contributed by atoms with Gasteiger partial charge in [-0.25, -0.2) is 0 Å². The summed E-state index contributed by atoms with van der Waals surface area (Å²) in [6.07, 6.45) is 7.01. The molecule has 2 nitrogen and oxygen atoms in total. The van der Waals surface area contributed by atoms with Crippen molar-refractivity contribution in [3.63, 3.8) is 0 Å². The summed E-state index contributed by atoms with van der Waals surface area (Å²) in [7, 11) is 0. The van der Waals surface area contributed by atoms with E-state index in [4.69, 9.17) is 4.74 Å². The lowest BCUT2D eigenvalue weighted by Gasteiger charge is -2.23. The number of ether oxygens (including phenoxy) is 1. The Morgan fingerprint density at radius 2 is 1.73 bits per heavy atom. The van der Waals surface area contributed by atoms with Gasteiger partial charge in [-0.2, -0.15) is 0 Å². The Balaban J connectivity index is 3.80. The Labute approximate surface area is 95.0 Å². The highest BCUT2D eigenvalue weighted by Crippen LogP contribution is 2.15. The van der Waals surface area contributed by atoms with E-state index in [0.717, 1.165) is 19.3 Å². The van der Waals surface area contributed by atoms with Crippen LogP contribution in [0.5, 0.6) is 0 Å². The second-order valence-corrected chi connectivity index (χ2v) is 4.58. The van der Waals surface area contributed by atoms with Crippen molar-refractivity contribution in [1.29, 1.82) is 0 Å². The molecule has 0 unspecified atom stereocenters. The molecule has 0 aliphatic rings. The van der Waals surface area contributed by atoms with Crippen molar-refractivity contribution < 1.29 is 9.84 Å². The summed E-state index contributed by atoms with van der Waals surface area (Å²) in [5.41, 5.74) is 0. The first-order chi connectivity index (χ1) is 7.10. The van der Waals surface area contributed by atoms with Crippen LogP contribution in [0.1, 0.15) is 66.2 Å². The molecule has 0 rings (SSSR count). The lowest BCUT2D eigenvalue weighted by atomic mass is 10.1. The standard InChI is InChI=1S/C13H28O2/c1-5-7-9-13(8-6-2)15-12(4)10-11(3)14/h11-14H,5-10H2,1-4H3/t11-,12-,13+/m1/s1. The van der Waals surface area contributed by atoms with Crippen LogP contribution in [0.15, 0.2) is 0 Å². The smallest absolute Gasteiger partial charge is 0.0578 e. The van der Waals surface area contributed by atoms with E-state index in [1.165, 1.54) is 19.3 Å². The summed E-state index contributed by atoms with van der Waals surface area (Å²) in [5.74, 6) is 0. The molecule has 92 valence electrons. The molecule has 0 aliphatic heterocycles. The van der Waals surface area contributed by atoms with Gasteiger partial charge < -0.3 is 9.84 Å². The molecule has 0 aliphatic carbocycles. The molecule has 3 atom stereocenters. The van der Waals surface area contributed by atoms with E-state index >= 15 is 0 Å². The third-order valence-corrected chi connectivity index (χ3v) is 2.59. The van der Waals surface area contributed by atoms with Crippen LogP contribution in [-0.2, 0) is 4.74 Å². The Bertz CT molecular complexity index is 134. The van der Waals surface area contributed by atoms with Crippen molar-refractivity contribution >= 4 is 0 Å². The van der Waals surface area contributed by atoms with Gasteiger partial charge >= 0.3 is 0 Å². The average molecular weight is 216 g/mol. The first-order valence-corrected chi connectivity index (χ1v) is 6.43. The number of hydrogen-bond acceptors (Lipinski definition) is 2. The van der Waals surface area contributed by atoms with E-state index in [9.17, 15) is 5.11 Å². The second-order valence-electron chi connectivity index (χ2n) is 4.58. The van der Waals surface area contributed by atoms with Gasteiger partial charge in [0.2, 0.25) is 0 Å². The van der Waals surface area contributed by atoms with E-state index in [-0.39, 0.29) is 12.2 Å². The zero-order valence-corrected chi connectivity index (χ0v) is 10.8. The number of rotatable bonds is 9. The first kappa shape index (κ1) is 14.9. The highest BCUT2D eigenvalue weighted by molar-refractivity contribution is 4.63. The van der Waals surface area contributed by atoms with E-state index in [0.29, 0.717) is 6.10 Å². The van der Waals surface area contributed by atoms with Gasteiger partial charge in [0.15, 0.2) is 0 Å². The highest BCUT2D eigenvalue weighted by Gasteiger charge is 2.13. The molecule has 0 heterocycles. The molecular weight excluding hydrogens is 188 g/mol. The predicted molar refractivity (Wildman–Crippen MR) is 65.1 cm³/mol. The van der Waals surface area contributed by atoms with Crippen molar-refractivity contribution in [2.45, 2.75) is 84.5 Å². The summed E-state index contributed by atoms with van der Waals surface area (Å²) in [6.45, 7) is 8.28. The molecule has 2 heteroatoms. The topological polar surface area (TPSA) is 29.5 Å². The maximum absolute atomic E-state index is 9.26. The quantitative estimate of drug-likeness (QED) is 0.639. The van der Waals surface area contributed by atoms with Gasteiger partial charge in [-0.3, -0.25) is 0 Å². The summed E-state index contributed by atoms with van der Waals surface area (Å²) in [4.78, 5) is 0. The summed E-state index contributed by atoms with van der Waals surface area (Å²) in [5, 5.41) is 9.26. The van der Waals surface area contributed by atoms with Crippen molar-refractivity contribution in [3.05, 3.63) is 0 Å². The molecule has 0 fully saturated rings. The predicted octanol–water partition coefficient (Wildman–Crippen LogP) is 3.52. The number of aliphatic hydroxyl groups is 1. The van der Waals surface area contributed by atoms with Crippen LogP contribution in [0.4, 0.5) is 0 Å². The molecule has 0 aromatic heterocycles. The van der Waals surface area contributed by atoms with Gasteiger partial charge in [0, 0.05) is 0 Å². The third-order valence-electron chi connectivity index (χ3n) is 2.59. The maximum atomic E-state index is 9.26. The van der Waals surface area contributed by atoms with Gasteiger partial charge in [-0.15, -0.1) is 0 Å². The molecule has 0 spiro atoms. The van der Waals surface area contributed by atoms with Crippen molar-refractivity contribution in [1.82, 2.24) is 0 Å². The monoisotopic (exact) mass is 216 g/mol. The Kier molecular flexibility index (Phi) is 9.12. The summed E-state index contributed by atoms with van der Waals surface area (Å²) in [6, 6.07) is 0. The number of hydrogen-bond donors (Lipinski definition) is 1. The molecule has 0 saturated heterocycles. The SMILES string of the molecule is CCCC[C@H](CCC)O[C@H](C)C[C@@H](C)O. The Hall–Kier alpha value is -0.0800. The molecule has 0 aromatic rings. The fourth-order valence-corrected chi connectivity index (χ4v) is 1.90. The third kappa shape index (κ3) is 8.88. The van der Waals surface area contributed by atoms with E-state index in [1.807, 2.05) is 6.92 Å². The first-order valence-electron chi connectivity index (χ1n) is 6.43. The molecule has 0 radical (unpaired) electrons. The molecule has 0 aromatic carbocycles. The molecule has 1 N–H and O–H groups in total. The van der Waals surface area contributed by atoms with Gasteiger partial charge in [0.05, 0.1) is 18.3 Å². The van der Waals surface area contributed by atoms with Crippen LogP contribution in [0.3, 0.4) is 0 Å². The lowest BCUT2D eigenvalue weighted by molar-refractivity contribution is -0.0319. The Morgan fingerprint density at radius 1 is 1.07 bits per heavy atom. The van der Waals surface area contributed by atoms with Crippen LogP contribution in [0.2, 0.25) is 0 Å². The number of aliphatic hydroxyl groups excluding tert-OH is 1. The van der Waals surface area contributed by atoms with Gasteiger partial charge in [-0.05, 0) is 33.1 Å². The minimum absolute atomic E-state index is 0.179. The molecular formula is C13H28O2. The molecule has 0 saturated carbocycles. The largest absolute Gasteiger partial charge is 0.393 e. The lowest BCUT2D eigenvalue weighted by Crippen LogP contribution is -2.23. The highest BCUT2D eigenvalue weighted by atomic mass is 16.5. The minimum Gasteiger partial charge on any atom is -0.393 e. The van der Waals surface area contributed by atoms with E-state index in [1.54, 1.807) is 0 Å². The van der Waals surface area contributed by atoms with Crippen LogP contribution in [0.25, 0.3) is 0 Å². The van der Waals surface area contributed by atoms with Crippen LogP contribution < -0.4 is 0 Å². The fraction of sp³-hybridized carbons (Fsp3) is 1.00. The zero-order valence-electron chi connectivity index (χ0n) is 10.8. The summed E-state index contributed by atoms with van der Waals surface area (Å²) >= 11 is 0. The average Bonchev–Trinajstić information content (AvgIpc) is 2.13. The molecule has 0 amide bonds. The van der Waals surface area contributed by atoms with Crippen LogP contribution in [-0.4, -0.2) is 23.4 Å². The molecule has 0 bridgehead atoms. The fourth-order valence-electron chi connectivity index (χ4n) is 1.90. The normalized spacial score (nSPS) is 17.4. The number of unbranched alkanes of at least 4 members (excludes halogenated alkanes) is 1. The van der Waals surface area contributed by atoms with Gasteiger partial charge in [0.25, 0.3) is 0 Å². The van der Waals surface area contributed by atoms with Crippen molar-refractivity contribution in [2.24, 2.45) is 0 Å². The van der Waals surface area contributed by atoms with Gasteiger partial charge in [-0.1, -0.05) is 33.1 Å². The zero-order chi connectivity index (χ0) is 11.7. The summed E-state index contributed by atoms with van der Waals surface area (Å²) < 4.78 is 5.94. The van der Waals surface area contributed by atoms with E-state index in [2.05, 4.69) is 20.8 Å². The van der Waals surface area contributed by atoms with Crippen LogP contribution in [0, 0.1) is 0 Å². The minimum atomic E-state index is -0.256. The van der Waals surface area contributed by atoms with Crippen molar-refractivity contribution in [3.8, 4) is 0 Å². The molecule has 15 heavy (non-hydrogen) atoms. The van der Waals surface area contributed by atoms with Gasteiger partial charge in [0.1, 0.15) is 0 Å². The van der Waals surface area contributed by atoms with Crippen LogP contribution >= 0.6 is 0 Å². The van der Waals surface area contributed by atoms with Crippen molar-refractivity contribution in [2.75, 3.05) is 0 Å². The second kappa shape index (κ2) is 9.17. The Morgan fingerprint density at radius 3 is 2.20 bits per heavy atom.